The lowest BCUT2D eigenvalue weighted by Gasteiger charge is -2.08. The van der Waals surface area contributed by atoms with E-state index in [4.69, 9.17) is 4.74 Å². The quantitative estimate of drug-likeness (QED) is 0.675. The van der Waals surface area contributed by atoms with E-state index in [9.17, 15) is 9.18 Å². The highest BCUT2D eigenvalue weighted by molar-refractivity contribution is 9.10. The summed E-state index contributed by atoms with van der Waals surface area (Å²) >= 11 is 6.54. The zero-order chi connectivity index (χ0) is 14.7. The average Bonchev–Trinajstić information content (AvgIpc) is 2.39. The van der Waals surface area contributed by atoms with Gasteiger partial charge in [0, 0.05) is 15.6 Å². The second kappa shape index (κ2) is 6.50. The first-order valence-corrected chi connectivity index (χ1v) is 7.53. The average molecular weight is 402 g/mol. The molecule has 0 amide bonds. The van der Waals surface area contributed by atoms with Gasteiger partial charge in [-0.05, 0) is 59.3 Å². The molecule has 2 aromatic carbocycles. The van der Waals surface area contributed by atoms with Crippen molar-refractivity contribution < 1.29 is 13.9 Å². The standard InChI is InChI=1S/C15H11Br2FO2/c1-2-20-14-4-3-9(7-13(14)17)15(19)10-5-11(16)8-12(18)6-10/h3-8H,2H2,1H3. The Labute approximate surface area is 133 Å². The Morgan fingerprint density at radius 3 is 2.50 bits per heavy atom. The lowest BCUT2D eigenvalue weighted by atomic mass is 10.0. The van der Waals surface area contributed by atoms with Crippen LogP contribution in [0.15, 0.2) is 45.3 Å². The van der Waals surface area contributed by atoms with Crippen molar-refractivity contribution in [1.82, 2.24) is 0 Å². The van der Waals surface area contributed by atoms with Crippen molar-refractivity contribution in [3.8, 4) is 5.75 Å². The molecule has 0 N–H and O–H groups in total. The molecule has 0 aromatic heterocycles. The lowest BCUT2D eigenvalue weighted by molar-refractivity contribution is 0.103. The van der Waals surface area contributed by atoms with Crippen LogP contribution < -0.4 is 4.74 Å². The molecule has 2 nitrogen and oxygen atoms in total. The van der Waals surface area contributed by atoms with Crippen molar-refractivity contribution in [2.75, 3.05) is 6.61 Å². The summed E-state index contributed by atoms with van der Waals surface area (Å²) in [4.78, 5) is 12.3. The zero-order valence-electron chi connectivity index (χ0n) is 10.6. The number of halogens is 3. The largest absolute Gasteiger partial charge is 0.493 e. The van der Waals surface area contributed by atoms with E-state index < -0.39 is 5.82 Å². The van der Waals surface area contributed by atoms with Crippen LogP contribution in [0.2, 0.25) is 0 Å². The van der Waals surface area contributed by atoms with Gasteiger partial charge >= 0.3 is 0 Å². The number of hydrogen-bond acceptors (Lipinski definition) is 2. The highest BCUT2D eigenvalue weighted by Gasteiger charge is 2.13. The molecule has 20 heavy (non-hydrogen) atoms. The molecule has 104 valence electrons. The molecule has 0 aliphatic carbocycles. The van der Waals surface area contributed by atoms with Crippen LogP contribution in [0.25, 0.3) is 0 Å². The van der Waals surface area contributed by atoms with Gasteiger partial charge in [0.2, 0.25) is 0 Å². The van der Waals surface area contributed by atoms with E-state index in [0.717, 1.165) is 0 Å². The number of hydrogen-bond donors (Lipinski definition) is 0. The third-order valence-electron chi connectivity index (χ3n) is 2.62. The summed E-state index contributed by atoms with van der Waals surface area (Å²) in [5.41, 5.74) is 0.769. The fraction of sp³-hybridized carbons (Fsp3) is 0.133. The summed E-state index contributed by atoms with van der Waals surface area (Å²) in [6.45, 7) is 2.43. The van der Waals surface area contributed by atoms with Crippen molar-refractivity contribution in [1.29, 1.82) is 0 Å². The maximum atomic E-state index is 13.3. The molecule has 2 aromatic rings. The molecule has 0 saturated carbocycles. The number of benzene rings is 2. The summed E-state index contributed by atoms with van der Waals surface area (Å²) in [7, 11) is 0. The summed E-state index contributed by atoms with van der Waals surface area (Å²) in [6.07, 6.45) is 0. The van der Waals surface area contributed by atoms with E-state index in [-0.39, 0.29) is 5.78 Å². The predicted octanol–water partition coefficient (Wildman–Crippen LogP) is 4.98. The number of carbonyl (C=O) groups excluding carboxylic acids is 1. The smallest absolute Gasteiger partial charge is 0.193 e. The van der Waals surface area contributed by atoms with Crippen molar-refractivity contribution in [2.45, 2.75) is 6.92 Å². The minimum absolute atomic E-state index is 0.242. The maximum absolute atomic E-state index is 13.3. The van der Waals surface area contributed by atoms with Gasteiger partial charge in [-0.1, -0.05) is 15.9 Å². The molecule has 0 saturated heterocycles. The molecule has 2 rings (SSSR count). The minimum atomic E-state index is -0.451. The Hall–Kier alpha value is -1.20. The summed E-state index contributed by atoms with van der Waals surface area (Å²) in [5, 5.41) is 0. The maximum Gasteiger partial charge on any atom is 0.193 e. The van der Waals surface area contributed by atoms with E-state index in [1.54, 1.807) is 24.3 Å². The van der Waals surface area contributed by atoms with Crippen LogP contribution in [-0.2, 0) is 0 Å². The van der Waals surface area contributed by atoms with Crippen LogP contribution in [0.3, 0.4) is 0 Å². The third-order valence-corrected chi connectivity index (χ3v) is 3.70. The third kappa shape index (κ3) is 3.46. The molecule has 0 atom stereocenters. The van der Waals surface area contributed by atoms with Gasteiger partial charge in [-0.15, -0.1) is 0 Å². The first-order chi connectivity index (χ1) is 9.51. The van der Waals surface area contributed by atoms with Crippen LogP contribution in [-0.4, -0.2) is 12.4 Å². The van der Waals surface area contributed by atoms with Gasteiger partial charge in [0.05, 0.1) is 11.1 Å². The number of ketones is 1. The monoisotopic (exact) mass is 400 g/mol. The Morgan fingerprint density at radius 2 is 1.90 bits per heavy atom. The van der Waals surface area contributed by atoms with Gasteiger partial charge in [0.15, 0.2) is 5.78 Å². The second-order valence-electron chi connectivity index (χ2n) is 4.07. The lowest BCUT2D eigenvalue weighted by Crippen LogP contribution is -2.03. The molecule has 0 aliphatic rings. The van der Waals surface area contributed by atoms with Gasteiger partial charge in [0.1, 0.15) is 11.6 Å². The van der Waals surface area contributed by atoms with Gasteiger partial charge < -0.3 is 4.74 Å². The van der Waals surface area contributed by atoms with Crippen LogP contribution in [0.1, 0.15) is 22.8 Å². The first-order valence-electron chi connectivity index (χ1n) is 5.94. The fourth-order valence-electron chi connectivity index (χ4n) is 1.77. The predicted molar refractivity (Wildman–Crippen MR) is 82.8 cm³/mol. The van der Waals surface area contributed by atoms with Crippen molar-refractivity contribution in [3.05, 3.63) is 62.3 Å². The van der Waals surface area contributed by atoms with Gasteiger partial charge in [-0.25, -0.2) is 4.39 Å². The SMILES string of the molecule is CCOc1ccc(C(=O)c2cc(F)cc(Br)c2)cc1Br. The van der Waals surface area contributed by atoms with Crippen LogP contribution in [0.4, 0.5) is 4.39 Å². The number of carbonyl (C=O) groups is 1. The van der Waals surface area contributed by atoms with E-state index in [1.807, 2.05) is 6.92 Å². The highest BCUT2D eigenvalue weighted by atomic mass is 79.9. The molecule has 0 bridgehead atoms. The van der Waals surface area contributed by atoms with Crippen LogP contribution in [0, 0.1) is 5.82 Å². The first kappa shape index (κ1) is 15.2. The number of ether oxygens (including phenoxy) is 1. The minimum Gasteiger partial charge on any atom is -0.493 e. The Kier molecular flexibility index (Phi) is 4.94. The molecular formula is C15H11Br2FO2. The molecule has 0 heterocycles. The second-order valence-corrected chi connectivity index (χ2v) is 5.84. The number of rotatable bonds is 4. The van der Waals surface area contributed by atoms with E-state index in [0.29, 0.717) is 32.4 Å². The van der Waals surface area contributed by atoms with Gasteiger partial charge in [-0.2, -0.15) is 0 Å². The van der Waals surface area contributed by atoms with E-state index in [2.05, 4.69) is 31.9 Å². The van der Waals surface area contributed by atoms with E-state index >= 15 is 0 Å². The van der Waals surface area contributed by atoms with E-state index in [1.165, 1.54) is 12.1 Å². The highest BCUT2D eigenvalue weighted by Crippen LogP contribution is 2.27. The molecular weight excluding hydrogens is 391 g/mol. The molecule has 0 radical (unpaired) electrons. The Balaban J connectivity index is 2.36. The van der Waals surface area contributed by atoms with Crippen molar-refractivity contribution >= 4 is 37.6 Å². The normalized spacial score (nSPS) is 10.4. The van der Waals surface area contributed by atoms with Crippen LogP contribution in [0.5, 0.6) is 5.75 Å². The molecule has 0 fully saturated rings. The van der Waals surface area contributed by atoms with Crippen molar-refractivity contribution in [3.63, 3.8) is 0 Å². The summed E-state index contributed by atoms with van der Waals surface area (Å²) in [5.74, 6) is -0.0221. The van der Waals surface area contributed by atoms with Gasteiger partial charge in [-0.3, -0.25) is 4.79 Å². The molecule has 0 aliphatic heterocycles. The zero-order valence-corrected chi connectivity index (χ0v) is 13.8. The molecule has 5 heteroatoms. The Morgan fingerprint density at radius 1 is 1.15 bits per heavy atom. The molecule has 0 unspecified atom stereocenters. The summed E-state index contributed by atoms with van der Waals surface area (Å²) in [6, 6.07) is 9.18. The fourth-order valence-corrected chi connectivity index (χ4v) is 2.72. The van der Waals surface area contributed by atoms with Crippen molar-refractivity contribution in [2.24, 2.45) is 0 Å². The topological polar surface area (TPSA) is 26.3 Å². The Bertz CT molecular complexity index is 636. The van der Waals surface area contributed by atoms with Gasteiger partial charge in [0.25, 0.3) is 0 Å². The molecule has 0 spiro atoms. The summed E-state index contributed by atoms with van der Waals surface area (Å²) < 4.78 is 20.0. The van der Waals surface area contributed by atoms with Crippen LogP contribution >= 0.6 is 31.9 Å².